The Bertz CT molecular complexity index is 733. The fourth-order valence-corrected chi connectivity index (χ4v) is 3.34. The first kappa shape index (κ1) is 18.9. The highest BCUT2D eigenvalue weighted by Crippen LogP contribution is 2.23. The summed E-state index contributed by atoms with van der Waals surface area (Å²) in [5, 5.41) is 3.75. The van der Waals surface area contributed by atoms with Crippen LogP contribution in [0.4, 0.5) is 0 Å². The number of hydrogen-bond donors (Lipinski definition) is 1. The van der Waals surface area contributed by atoms with Crippen LogP contribution < -0.4 is 5.32 Å². The molecule has 0 radical (unpaired) electrons. The average Bonchev–Trinajstić information content (AvgIpc) is 2.64. The lowest BCUT2D eigenvalue weighted by molar-refractivity contribution is -0.124. The molecule has 0 saturated carbocycles. The topological polar surface area (TPSA) is 41.6 Å². The third-order valence-corrected chi connectivity index (χ3v) is 4.99. The number of hydrogen-bond acceptors (Lipinski definition) is 3. The second-order valence-corrected chi connectivity index (χ2v) is 7.11. The van der Waals surface area contributed by atoms with Gasteiger partial charge in [-0.25, -0.2) is 0 Å². The van der Waals surface area contributed by atoms with E-state index in [1.165, 1.54) is 11.1 Å². The van der Waals surface area contributed by atoms with Gasteiger partial charge in [-0.3, -0.25) is 9.69 Å². The highest BCUT2D eigenvalue weighted by molar-refractivity contribution is 6.30. The maximum Gasteiger partial charge on any atom is 0.234 e. The minimum absolute atomic E-state index is 0.0132. The van der Waals surface area contributed by atoms with Gasteiger partial charge in [0.1, 0.15) is 0 Å². The summed E-state index contributed by atoms with van der Waals surface area (Å²) in [5.74, 6) is 0.0651. The molecule has 2 aromatic carbocycles. The van der Waals surface area contributed by atoms with Crippen molar-refractivity contribution in [2.75, 3.05) is 32.8 Å². The quantitative estimate of drug-likeness (QED) is 0.845. The molecule has 26 heavy (non-hydrogen) atoms. The van der Waals surface area contributed by atoms with Crippen LogP contribution >= 0.6 is 11.6 Å². The summed E-state index contributed by atoms with van der Waals surface area (Å²) in [6.07, 6.45) is 0.843. The number of carbonyl (C=O) groups excluding carboxylic acids is 1. The van der Waals surface area contributed by atoms with Gasteiger partial charge in [0, 0.05) is 24.7 Å². The van der Waals surface area contributed by atoms with Crippen LogP contribution in [-0.4, -0.2) is 43.6 Å². The molecule has 0 spiro atoms. The van der Waals surface area contributed by atoms with Gasteiger partial charge in [0.2, 0.25) is 5.91 Å². The summed E-state index contributed by atoms with van der Waals surface area (Å²) in [4.78, 5) is 14.4. The van der Waals surface area contributed by atoms with Crippen molar-refractivity contribution >= 4 is 17.5 Å². The maximum atomic E-state index is 12.3. The molecule has 1 fully saturated rings. The number of halogens is 1. The van der Waals surface area contributed by atoms with Crippen LogP contribution in [0.3, 0.4) is 0 Å². The minimum atomic E-state index is -0.0132. The van der Waals surface area contributed by atoms with Crippen LogP contribution in [0.2, 0.25) is 5.02 Å². The summed E-state index contributed by atoms with van der Waals surface area (Å²) in [5.41, 5.74) is 3.64. The molecule has 0 bridgehead atoms. The zero-order chi connectivity index (χ0) is 18.4. The summed E-state index contributed by atoms with van der Waals surface area (Å²) in [6, 6.07) is 16.0. The number of carbonyl (C=O) groups is 1. The lowest BCUT2D eigenvalue weighted by Crippen LogP contribution is -2.44. The van der Waals surface area contributed by atoms with E-state index in [9.17, 15) is 4.79 Å². The lowest BCUT2D eigenvalue weighted by Gasteiger charge is -2.32. The van der Waals surface area contributed by atoms with Crippen molar-refractivity contribution in [3.8, 4) is 0 Å². The van der Waals surface area contributed by atoms with E-state index in [0.717, 1.165) is 23.6 Å². The molecular formula is C21H25ClN2O2. The first-order valence-corrected chi connectivity index (χ1v) is 9.40. The Hall–Kier alpha value is -1.88. The molecule has 138 valence electrons. The first-order valence-electron chi connectivity index (χ1n) is 9.02. The Morgan fingerprint density at radius 3 is 2.77 bits per heavy atom. The van der Waals surface area contributed by atoms with Crippen molar-refractivity contribution < 1.29 is 9.53 Å². The third kappa shape index (κ3) is 5.31. The maximum absolute atomic E-state index is 12.3. The van der Waals surface area contributed by atoms with Crippen molar-refractivity contribution in [2.45, 2.75) is 19.4 Å². The molecule has 5 heteroatoms. The number of morpholine rings is 1. The highest BCUT2D eigenvalue weighted by atomic mass is 35.5. The van der Waals surface area contributed by atoms with Crippen LogP contribution in [0.1, 0.15) is 22.8 Å². The van der Waals surface area contributed by atoms with E-state index in [2.05, 4.69) is 29.3 Å². The zero-order valence-corrected chi connectivity index (χ0v) is 15.8. The van der Waals surface area contributed by atoms with Gasteiger partial charge in [-0.1, -0.05) is 48.0 Å². The summed E-state index contributed by atoms with van der Waals surface area (Å²) in [6.45, 7) is 5.28. The second kappa shape index (κ2) is 9.17. The first-order chi connectivity index (χ1) is 12.6. The molecule has 1 saturated heterocycles. The molecule has 1 unspecified atom stereocenters. The molecule has 4 nitrogen and oxygen atoms in total. The number of aryl methyl sites for hydroxylation is 1. The molecule has 1 aliphatic heterocycles. The molecule has 1 atom stereocenters. The Labute approximate surface area is 160 Å². The number of nitrogens with one attached hydrogen (secondary N) is 1. The van der Waals surface area contributed by atoms with Gasteiger partial charge in [-0.05, 0) is 42.2 Å². The largest absolute Gasteiger partial charge is 0.371 e. The van der Waals surface area contributed by atoms with E-state index in [1.807, 2.05) is 36.4 Å². The van der Waals surface area contributed by atoms with Gasteiger partial charge in [-0.2, -0.15) is 0 Å². The van der Waals surface area contributed by atoms with E-state index < -0.39 is 0 Å². The van der Waals surface area contributed by atoms with Crippen molar-refractivity contribution in [2.24, 2.45) is 0 Å². The standard InChI is InChI=1S/C21H25ClN2O2/c1-16-4-2-3-5-17(16)10-11-23-21(25)15-24-12-13-26-20(14-24)18-6-8-19(22)9-7-18/h2-9,20H,10-15H2,1H3,(H,23,25). The SMILES string of the molecule is Cc1ccccc1CCNC(=O)CN1CCOC(c2ccc(Cl)cc2)C1. The van der Waals surface area contributed by atoms with Gasteiger partial charge >= 0.3 is 0 Å². The monoisotopic (exact) mass is 372 g/mol. The van der Waals surface area contributed by atoms with E-state index >= 15 is 0 Å². The Kier molecular flexibility index (Phi) is 6.67. The zero-order valence-electron chi connectivity index (χ0n) is 15.1. The predicted molar refractivity (Wildman–Crippen MR) is 104 cm³/mol. The summed E-state index contributed by atoms with van der Waals surface area (Å²) in [7, 11) is 0. The number of amides is 1. The summed E-state index contributed by atoms with van der Waals surface area (Å²) >= 11 is 5.95. The van der Waals surface area contributed by atoms with Crippen molar-refractivity contribution in [1.29, 1.82) is 0 Å². The molecule has 0 aromatic heterocycles. The Morgan fingerprint density at radius 2 is 2.00 bits per heavy atom. The minimum Gasteiger partial charge on any atom is -0.371 e. The second-order valence-electron chi connectivity index (χ2n) is 6.67. The smallest absolute Gasteiger partial charge is 0.234 e. The predicted octanol–water partition coefficient (Wildman–Crippen LogP) is 3.38. The molecule has 1 amide bonds. The molecule has 1 heterocycles. The van der Waals surface area contributed by atoms with Gasteiger partial charge in [-0.15, -0.1) is 0 Å². The number of nitrogens with zero attached hydrogens (tertiary/aromatic N) is 1. The number of rotatable bonds is 6. The molecule has 1 aliphatic rings. The van der Waals surface area contributed by atoms with Crippen LogP contribution in [0, 0.1) is 6.92 Å². The molecular weight excluding hydrogens is 348 g/mol. The fourth-order valence-electron chi connectivity index (χ4n) is 3.21. The van der Waals surface area contributed by atoms with Crippen molar-refractivity contribution in [3.05, 3.63) is 70.2 Å². The van der Waals surface area contributed by atoms with Crippen LogP contribution in [-0.2, 0) is 16.0 Å². The Morgan fingerprint density at radius 1 is 1.23 bits per heavy atom. The lowest BCUT2D eigenvalue weighted by atomic mass is 10.1. The summed E-state index contributed by atoms with van der Waals surface area (Å²) < 4.78 is 5.85. The van der Waals surface area contributed by atoms with Crippen LogP contribution in [0.15, 0.2) is 48.5 Å². The van der Waals surface area contributed by atoms with Crippen molar-refractivity contribution in [1.82, 2.24) is 10.2 Å². The van der Waals surface area contributed by atoms with E-state index in [1.54, 1.807) is 0 Å². The molecule has 3 rings (SSSR count). The van der Waals surface area contributed by atoms with Crippen LogP contribution in [0.25, 0.3) is 0 Å². The van der Waals surface area contributed by atoms with E-state index in [0.29, 0.717) is 26.2 Å². The third-order valence-electron chi connectivity index (χ3n) is 4.74. The van der Waals surface area contributed by atoms with Gasteiger partial charge < -0.3 is 10.1 Å². The van der Waals surface area contributed by atoms with Gasteiger partial charge in [0.05, 0.1) is 19.3 Å². The van der Waals surface area contributed by atoms with Crippen molar-refractivity contribution in [3.63, 3.8) is 0 Å². The normalized spacial score (nSPS) is 17.8. The number of benzene rings is 2. The van der Waals surface area contributed by atoms with Gasteiger partial charge in [0.15, 0.2) is 0 Å². The average molecular weight is 373 g/mol. The Balaban J connectivity index is 1.45. The van der Waals surface area contributed by atoms with E-state index in [-0.39, 0.29) is 12.0 Å². The highest BCUT2D eigenvalue weighted by Gasteiger charge is 2.23. The molecule has 0 aliphatic carbocycles. The fraction of sp³-hybridized carbons (Fsp3) is 0.381. The number of ether oxygens (including phenoxy) is 1. The molecule has 1 N–H and O–H groups in total. The van der Waals surface area contributed by atoms with E-state index in [4.69, 9.17) is 16.3 Å². The van der Waals surface area contributed by atoms with Gasteiger partial charge in [0.25, 0.3) is 0 Å². The van der Waals surface area contributed by atoms with Crippen LogP contribution in [0.5, 0.6) is 0 Å². The molecule has 2 aromatic rings.